The van der Waals surface area contributed by atoms with Crippen LogP contribution >= 0.6 is 27.3 Å². The topological polar surface area (TPSA) is 29.5 Å². The Kier molecular flexibility index (Phi) is 3.32. The maximum Gasteiger partial charge on any atom is 0.0828 e. The second-order valence-electron chi connectivity index (χ2n) is 5.27. The summed E-state index contributed by atoms with van der Waals surface area (Å²) in [5.41, 5.74) is 1.18. The van der Waals surface area contributed by atoms with E-state index in [-0.39, 0.29) is 11.7 Å². The Morgan fingerprint density at radius 1 is 1.53 bits per heavy atom. The van der Waals surface area contributed by atoms with Gasteiger partial charge >= 0.3 is 0 Å². The van der Waals surface area contributed by atoms with Gasteiger partial charge in [0.15, 0.2) is 0 Å². The molecule has 2 nitrogen and oxygen atoms in total. The smallest absolute Gasteiger partial charge is 0.0828 e. The first kappa shape index (κ1) is 12.2. The molecular weight excluding hydrogens is 300 g/mol. The predicted octanol–water partition coefficient (Wildman–Crippen LogP) is 3.89. The van der Waals surface area contributed by atoms with E-state index in [1.807, 2.05) is 6.07 Å². The second-order valence-corrected chi connectivity index (χ2v) is 7.56. The van der Waals surface area contributed by atoms with E-state index in [0.717, 1.165) is 28.8 Å². The Balaban J connectivity index is 1.71. The van der Waals surface area contributed by atoms with Gasteiger partial charge < -0.3 is 9.84 Å². The lowest BCUT2D eigenvalue weighted by molar-refractivity contribution is -0.157. The maximum atomic E-state index is 10.4. The summed E-state index contributed by atoms with van der Waals surface area (Å²) in [6.07, 6.45) is 5.34. The summed E-state index contributed by atoms with van der Waals surface area (Å²) in [6.45, 7) is 0.813. The Labute approximate surface area is 114 Å². The van der Waals surface area contributed by atoms with Crippen LogP contribution in [0.4, 0.5) is 0 Å². The molecule has 1 aromatic rings. The van der Waals surface area contributed by atoms with E-state index in [4.69, 9.17) is 4.74 Å². The molecule has 17 heavy (non-hydrogen) atoms. The van der Waals surface area contributed by atoms with Crippen LogP contribution in [0.1, 0.15) is 43.8 Å². The third-order valence-corrected chi connectivity index (χ3v) is 5.69. The van der Waals surface area contributed by atoms with E-state index in [1.54, 1.807) is 11.3 Å². The number of rotatable bonds is 2. The molecule has 3 rings (SSSR count). The summed E-state index contributed by atoms with van der Waals surface area (Å²) >= 11 is 5.10. The number of thiophene rings is 1. The zero-order valence-corrected chi connectivity index (χ0v) is 12.1. The van der Waals surface area contributed by atoms with Gasteiger partial charge in [-0.2, -0.15) is 0 Å². The quantitative estimate of drug-likeness (QED) is 0.896. The zero-order valence-electron chi connectivity index (χ0n) is 9.69. The normalized spacial score (nSPS) is 28.9. The van der Waals surface area contributed by atoms with Crippen LogP contribution in [0.25, 0.3) is 0 Å². The second kappa shape index (κ2) is 4.65. The molecule has 0 bridgehead atoms. The molecule has 2 aliphatic rings. The molecule has 1 aliphatic heterocycles. The minimum Gasteiger partial charge on any atom is -0.388 e. The molecule has 1 spiro atoms. The first-order valence-electron chi connectivity index (χ1n) is 6.24. The molecule has 0 aromatic carbocycles. The number of aliphatic hydroxyl groups excluding tert-OH is 1. The van der Waals surface area contributed by atoms with Gasteiger partial charge in [0, 0.05) is 6.61 Å². The minimum atomic E-state index is -0.320. The maximum absolute atomic E-state index is 10.4. The molecule has 1 aliphatic carbocycles. The van der Waals surface area contributed by atoms with Crippen LogP contribution < -0.4 is 0 Å². The van der Waals surface area contributed by atoms with Crippen molar-refractivity contribution in [3.05, 3.63) is 20.8 Å². The fourth-order valence-corrected chi connectivity index (χ4v) is 4.21. The number of halogens is 1. The van der Waals surface area contributed by atoms with Crippen molar-refractivity contribution in [2.45, 2.75) is 43.8 Å². The van der Waals surface area contributed by atoms with Crippen molar-refractivity contribution in [3.8, 4) is 0 Å². The van der Waals surface area contributed by atoms with Gasteiger partial charge in [0.1, 0.15) is 0 Å². The van der Waals surface area contributed by atoms with Crippen molar-refractivity contribution < 1.29 is 9.84 Å². The first-order chi connectivity index (χ1) is 8.19. The molecule has 1 saturated carbocycles. The Morgan fingerprint density at radius 2 is 2.35 bits per heavy atom. The van der Waals surface area contributed by atoms with E-state index in [1.165, 1.54) is 19.3 Å². The molecule has 2 heterocycles. The van der Waals surface area contributed by atoms with E-state index in [9.17, 15) is 5.11 Å². The largest absolute Gasteiger partial charge is 0.388 e. The van der Waals surface area contributed by atoms with Crippen molar-refractivity contribution in [1.29, 1.82) is 0 Å². The molecule has 1 aromatic heterocycles. The molecule has 0 amide bonds. The Bertz CT molecular complexity index is 400. The summed E-state index contributed by atoms with van der Waals surface area (Å²) < 4.78 is 7.00. The summed E-state index contributed by atoms with van der Waals surface area (Å²) in [5.74, 6) is 0.366. The molecule has 4 heteroatoms. The Hall–Kier alpha value is 0.1000. The monoisotopic (exact) mass is 316 g/mol. The Morgan fingerprint density at radius 3 is 2.94 bits per heavy atom. The van der Waals surface area contributed by atoms with E-state index in [2.05, 4.69) is 21.3 Å². The molecule has 1 N–H and O–H groups in total. The van der Waals surface area contributed by atoms with Crippen LogP contribution in [0, 0.1) is 5.92 Å². The summed E-state index contributed by atoms with van der Waals surface area (Å²) in [7, 11) is 0. The minimum absolute atomic E-state index is 0.122. The van der Waals surface area contributed by atoms with Gasteiger partial charge in [-0.25, -0.2) is 0 Å². The van der Waals surface area contributed by atoms with Crippen LogP contribution in [0.5, 0.6) is 0 Å². The highest BCUT2D eigenvalue weighted by atomic mass is 79.9. The lowest BCUT2D eigenvalue weighted by Crippen LogP contribution is -2.46. The van der Waals surface area contributed by atoms with Gasteiger partial charge in [-0.05, 0) is 71.0 Å². The van der Waals surface area contributed by atoms with Crippen LogP contribution in [-0.4, -0.2) is 17.3 Å². The summed E-state index contributed by atoms with van der Waals surface area (Å²) in [4.78, 5) is 0. The lowest BCUT2D eigenvalue weighted by atomic mass is 9.70. The van der Waals surface area contributed by atoms with Gasteiger partial charge in [0.2, 0.25) is 0 Å². The zero-order chi connectivity index (χ0) is 11.9. The number of hydrogen-bond donors (Lipinski definition) is 1. The van der Waals surface area contributed by atoms with Crippen LogP contribution in [0.15, 0.2) is 15.2 Å². The van der Waals surface area contributed by atoms with E-state index >= 15 is 0 Å². The number of aliphatic hydroxyl groups is 1. The van der Waals surface area contributed by atoms with Gasteiger partial charge in [0.25, 0.3) is 0 Å². The third-order valence-electron chi connectivity index (χ3n) is 4.17. The van der Waals surface area contributed by atoms with Crippen molar-refractivity contribution in [2.24, 2.45) is 5.92 Å². The number of hydrogen-bond acceptors (Lipinski definition) is 3. The van der Waals surface area contributed by atoms with Crippen molar-refractivity contribution in [3.63, 3.8) is 0 Å². The van der Waals surface area contributed by atoms with Crippen LogP contribution in [0.3, 0.4) is 0 Å². The average Bonchev–Trinajstić information content (AvgIpc) is 2.73. The standard InChI is InChI=1S/C13H17BrO2S/c14-11-6-10(8-17-11)12(15)9-2-5-16-13(7-9)3-1-4-13/h6,8-9,12,15H,1-5,7H2. The third kappa shape index (κ3) is 2.33. The SMILES string of the molecule is OC(c1csc(Br)c1)C1CCOC2(CCC2)C1. The molecule has 0 radical (unpaired) electrons. The van der Waals surface area contributed by atoms with Crippen molar-refractivity contribution in [2.75, 3.05) is 6.61 Å². The first-order valence-corrected chi connectivity index (χ1v) is 7.92. The molecule has 1 saturated heterocycles. The summed E-state index contributed by atoms with van der Waals surface area (Å²) in [6, 6.07) is 2.04. The highest BCUT2D eigenvalue weighted by Gasteiger charge is 2.44. The molecule has 94 valence electrons. The van der Waals surface area contributed by atoms with Crippen molar-refractivity contribution >= 4 is 27.3 Å². The van der Waals surface area contributed by atoms with Gasteiger partial charge in [0.05, 0.1) is 15.5 Å². The van der Waals surface area contributed by atoms with Gasteiger partial charge in [-0.3, -0.25) is 0 Å². The molecular formula is C13H17BrO2S. The molecule has 2 fully saturated rings. The van der Waals surface area contributed by atoms with Crippen molar-refractivity contribution in [1.82, 2.24) is 0 Å². The van der Waals surface area contributed by atoms with Gasteiger partial charge in [-0.15, -0.1) is 11.3 Å². The molecule has 2 atom stereocenters. The predicted molar refractivity (Wildman–Crippen MR) is 72.2 cm³/mol. The lowest BCUT2D eigenvalue weighted by Gasteiger charge is -2.48. The highest BCUT2D eigenvalue weighted by Crippen LogP contribution is 2.47. The highest BCUT2D eigenvalue weighted by molar-refractivity contribution is 9.11. The summed E-state index contributed by atoms with van der Waals surface area (Å²) in [5, 5.41) is 12.5. The van der Waals surface area contributed by atoms with E-state index < -0.39 is 0 Å². The van der Waals surface area contributed by atoms with Crippen LogP contribution in [-0.2, 0) is 4.74 Å². The molecule has 2 unspecified atom stereocenters. The van der Waals surface area contributed by atoms with E-state index in [0.29, 0.717) is 5.92 Å². The number of ether oxygens (including phenoxy) is 1. The fraction of sp³-hybridized carbons (Fsp3) is 0.692. The van der Waals surface area contributed by atoms with Gasteiger partial charge in [-0.1, -0.05) is 0 Å². The van der Waals surface area contributed by atoms with Crippen LogP contribution in [0.2, 0.25) is 0 Å². The fourth-order valence-electron chi connectivity index (χ4n) is 3.01. The average molecular weight is 317 g/mol.